The number of hydrogen-bond donors (Lipinski definition) is 0. The van der Waals surface area contributed by atoms with E-state index in [1.807, 2.05) is 6.08 Å². The zero-order valence-electron chi connectivity index (χ0n) is 14.6. The van der Waals surface area contributed by atoms with Crippen LogP contribution < -0.4 is 0 Å². The first kappa shape index (κ1) is 15.7. The number of carbonyl (C=O) groups excluding carboxylic acids is 1. The van der Waals surface area contributed by atoms with E-state index >= 15 is 0 Å². The number of fused-ring (bicyclic) bond motifs is 6. The van der Waals surface area contributed by atoms with E-state index in [1.165, 1.54) is 31.3 Å². The number of ketones is 1. The molecule has 4 fully saturated rings. The van der Waals surface area contributed by atoms with Gasteiger partial charge in [-0.15, -0.1) is 0 Å². The molecule has 0 amide bonds. The van der Waals surface area contributed by atoms with Crippen LogP contribution in [-0.2, 0) is 20.1 Å². The summed E-state index contributed by atoms with van der Waals surface area (Å²) in [6.45, 7) is 2.44. The first-order valence-corrected chi connectivity index (χ1v) is 11.1. The Morgan fingerprint density at radius 1 is 1.08 bits per heavy atom. The van der Waals surface area contributed by atoms with Gasteiger partial charge < -0.3 is 0 Å². The Bertz CT molecular complexity index is 641. The van der Waals surface area contributed by atoms with Crippen molar-refractivity contribution < 1.29 is 13.2 Å². The molecule has 3 nitrogen and oxygen atoms in total. The van der Waals surface area contributed by atoms with Crippen molar-refractivity contribution in [2.45, 2.75) is 70.3 Å². The van der Waals surface area contributed by atoms with Gasteiger partial charge in [-0.1, -0.05) is 12.5 Å². The SMILES string of the molecule is CC12CCC3C4CCC(=O)C=C4CCC3C1CC[C@@]21CCS(=O)O1. The molecule has 4 aliphatic carbocycles. The molecule has 4 heteroatoms. The maximum atomic E-state index is 12.0. The third-order valence-corrected chi connectivity index (χ3v) is 9.56. The van der Waals surface area contributed by atoms with Gasteiger partial charge in [0.1, 0.15) is 0 Å². The molecule has 0 bridgehead atoms. The molecule has 0 aromatic heterocycles. The van der Waals surface area contributed by atoms with Gasteiger partial charge in [-0.05, 0) is 81.1 Å². The van der Waals surface area contributed by atoms with E-state index < -0.39 is 11.1 Å². The topological polar surface area (TPSA) is 43.4 Å². The maximum Gasteiger partial charge on any atom is 0.156 e. The summed E-state index contributed by atoms with van der Waals surface area (Å²) in [7, 11) is 0. The van der Waals surface area contributed by atoms with Crippen LogP contribution in [0.25, 0.3) is 0 Å². The Morgan fingerprint density at radius 2 is 1.96 bits per heavy atom. The van der Waals surface area contributed by atoms with E-state index in [-0.39, 0.29) is 11.0 Å². The Balaban J connectivity index is 1.45. The minimum Gasteiger partial charge on any atom is -0.295 e. The van der Waals surface area contributed by atoms with Gasteiger partial charge in [-0.25, -0.2) is 4.21 Å². The van der Waals surface area contributed by atoms with Gasteiger partial charge in [0.05, 0.1) is 11.4 Å². The lowest BCUT2D eigenvalue weighted by molar-refractivity contribution is -0.116. The van der Waals surface area contributed by atoms with Gasteiger partial charge in [-0.3, -0.25) is 8.98 Å². The van der Waals surface area contributed by atoms with Crippen molar-refractivity contribution in [2.24, 2.45) is 29.1 Å². The quantitative estimate of drug-likeness (QED) is 0.666. The van der Waals surface area contributed by atoms with E-state index in [0.29, 0.717) is 11.7 Å². The molecular formula is C20H28O3S. The minimum absolute atomic E-state index is 0.105. The van der Waals surface area contributed by atoms with Crippen LogP contribution in [0.1, 0.15) is 64.7 Å². The van der Waals surface area contributed by atoms with Crippen LogP contribution in [-0.4, -0.2) is 21.3 Å². The highest BCUT2D eigenvalue weighted by atomic mass is 32.2. The van der Waals surface area contributed by atoms with Crippen molar-refractivity contribution in [1.82, 2.24) is 0 Å². The molecule has 0 aromatic rings. The molecule has 0 radical (unpaired) electrons. The average molecular weight is 349 g/mol. The van der Waals surface area contributed by atoms with Crippen LogP contribution >= 0.6 is 0 Å². The molecule has 1 heterocycles. The fraction of sp³-hybridized carbons (Fsp3) is 0.850. The Hall–Kier alpha value is -0.480. The van der Waals surface area contributed by atoms with Crippen LogP contribution in [0.5, 0.6) is 0 Å². The van der Waals surface area contributed by atoms with Crippen molar-refractivity contribution >= 4 is 16.9 Å². The number of hydrogen-bond acceptors (Lipinski definition) is 3. The van der Waals surface area contributed by atoms with Gasteiger partial charge in [0.2, 0.25) is 0 Å². The molecule has 1 aliphatic heterocycles. The second-order valence-corrected chi connectivity index (χ2v) is 10.3. The van der Waals surface area contributed by atoms with Gasteiger partial charge in [-0.2, -0.15) is 0 Å². The van der Waals surface area contributed by atoms with Crippen LogP contribution in [0.2, 0.25) is 0 Å². The first-order chi connectivity index (χ1) is 11.5. The largest absolute Gasteiger partial charge is 0.295 e. The summed E-state index contributed by atoms with van der Waals surface area (Å²) >= 11 is -1.06. The summed E-state index contributed by atoms with van der Waals surface area (Å²) < 4.78 is 18.1. The zero-order valence-corrected chi connectivity index (χ0v) is 15.4. The van der Waals surface area contributed by atoms with Crippen LogP contribution in [0.3, 0.4) is 0 Å². The monoisotopic (exact) mass is 348 g/mol. The van der Waals surface area contributed by atoms with Crippen molar-refractivity contribution in [3.8, 4) is 0 Å². The molecule has 7 atom stereocenters. The second-order valence-electron chi connectivity index (χ2n) is 9.13. The summed E-state index contributed by atoms with van der Waals surface area (Å²) in [6.07, 6.45) is 12.0. The smallest absolute Gasteiger partial charge is 0.156 e. The number of rotatable bonds is 0. The third-order valence-electron chi connectivity index (χ3n) is 8.51. The fourth-order valence-electron chi connectivity index (χ4n) is 7.33. The predicted octanol–water partition coefficient (Wildman–Crippen LogP) is 3.95. The van der Waals surface area contributed by atoms with E-state index in [9.17, 15) is 9.00 Å². The summed E-state index contributed by atoms with van der Waals surface area (Å²) in [5, 5.41) is 0. The van der Waals surface area contributed by atoms with Crippen molar-refractivity contribution in [3.63, 3.8) is 0 Å². The van der Waals surface area contributed by atoms with E-state index in [4.69, 9.17) is 4.18 Å². The molecule has 1 spiro atoms. The average Bonchev–Trinajstić information content (AvgIpc) is 3.08. The lowest BCUT2D eigenvalue weighted by Gasteiger charge is -2.55. The zero-order chi connectivity index (χ0) is 16.5. The third kappa shape index (κ3) is 1.99. The Labute approximate surface area is 147 Å². The van der Waals surface area contributed by atoms with Gasteiger partial charge in [0.15, 0.2) is 16.9 Å². The Kier molecular flexibility index (Phi) is 3.45. The lowest BCUT2D eigenvalue weighted by atomic mass is 9.50. The van der Waals surface area contributed by atoms with E-state index in [1.54, 1.807) is 0 Å². The van der Waals surface area contributed by atoms with Gasteiger partial charge >= 0.3 is 0 Å². The van der Waals surface area contributed by atoms with Crippen molar-refractivity contribution in [2.75, 3.05) is 5.75 Å². The summed E-state index contributed by atoms with van der Waals surface area (Å²) in [4.78, 5) is 11.8. The molecule has 132 valence electrons. The normalized spacial score (nSPS) is 53.5. The number of carbonyl (C=O) groups is 1. The Morgan fingerprint density at radius 3 is 2.75 bits per heavy atom. The fourth-order valence-corrected chi connectivity index (χ4v) is 8.62. The van der Waals surface area contributed by atoms with E-state index in [0.717, 1.165) is 55.6 Å². The summed E-state index contributed by atoms with van der Waals surface area (Å²) in [6, 6.07) is 0. The van der Waals surface area contributed by atoms with Crippen LogP contribution in [0, 0.1) is 29.1 Å². The molecule has 24 heavy (non-hydrogen) atoms. The molecule has 0 N–H and O–H groups in total. The summed E-state index contributed by atoms with van der Waals surface area (Å²) in [5.74, 6) is 4.04. The molecule has 5 rings (SSSR count). The van der Waals surface area contributed by atoms with Crippen molar-refractivity contribution in [3.05, 3.63) is 11.6 Å². The second kappa shape index (κ2) is 5.26. The van der Waals surface area contributed by atoms with Crippen molar-refractivity contribution in [1.29, 1.82) is 0 Å². The predicted molar refractivity (Wildman–Crippen MR) is 93.5 cm³/mol. The highest BCUT2D eigenvalue weighted by Gasteiger charge is 2.65. The molecule has 1 saturated heterocycles. The highest BCUT2D eigenvalue weighted by Crippen LogP contribution is 2.67. The first-order valence-electron chi connectivity index (χ1n) is 9.84. The molecule has 3 saturated carbocycles. The molecular weight excluding hydrogens is 320 g/mol. The molecule has 5 aliphatic rings. The lowest BCUT2D eigenvalue weighted by Crippen LogP contribution is -2.52. The van der Waals surface area contributed by atoms with E-state index in [2.05, 4.69) is 6.92 Å². The minimum atomic E-state index is -1.06. The number of allylic oxidation sites excluding steroid dienone is 1. The summed E-state index contributed by atoms with van der Waals surface area (Å²) in [5.41, 5.74) is 1.57. The van der Waals surface area contributed by atoms with Crippen LogP contribution in [0.4, 0.5) is 0 Å². The van der Waals surface area contributed by atoms with Gasteiger partial charge in [0.25, 0.3) is 0 Å². The highest BCUT2D eigenvalue weighted by molar-refractivity contribution is 7.80. The van der Waals surface area contributed by atoms with Crippen LogP contribution in [0.15, 0.2) is 11.6 Å². The molecule has 6 unspecified atom stereocenters. The van der Waals surface area contributed by atoms with Gasteiger partial charge in [0, 0.05) is 11.8 Å². The standard InChI is InChI=1S/C20H28O3S/c1-19-8-6-16-15-5-3-14(21)12-13(15)2-4-17(16)18(19)7-9-20(19)10-11-24(22)23-20/h12,15-18H,2-11H2,1H3/t15?,16?,17?,18?,19?,20-,24?/m1/s1. The molecule has 0 aromatic carbocycles. The maximum absolute atomic E-state index is 12.0.